The van der Waals surface area contributed by atoms with E-state index in [4.69, 9.17) is 39.5 Å². The third-order valence-electron chi connectivity index (χ3n) is 5.16. The Morgan fingerprint density at radius 3 is 2.58 bits per heavy atom. The zero-order valence-electron chi connectivity index (χ0n) is 17.4. The number of ether oxygens (including phenoxy) is 1. The summed E-state index contributed by atoms with van der Waals surface area (Å²) in [6.45, 7) is 0.417. The highest BCUT2D eigenvalue weighted by atomic mass is 35.5. The molecule has 1 fully saturated rings. The van der Waals surface area contributed by atoms with Gasteiger partial charge in [-0.15, -0.1) is 0 Å². The van der Waals surface area contributed by atoms with Gasteiger partial charge in [0.05, 0.1) is 17.3 Å². The Hall–Kier alpha value is -2.61. The van der Waals surface area contributed by atoms with E-state index in [1.165, 1.54) is 6.21 Å². The van der Waals surface area contributed by atoms with E-state index < -0.39 is 6.04 Å². The molecular weight excluding hydrogens is 483 g/mol. The molecule has 4 rings (SSSR count). The van der Waals surface area contributed by atoms with Gasteiger partial charge in [0.1, 0.15) is 18.4 Å². The van der Waals surface area contributed by atoms with E-state index >= 15 is 0 Å². The number of para-hydroxylation sites is 1. The summed E-state index contributed by atoms with van der Waals surface area (Å²) in [5.74, 6) is 0.495. The maximum atomic E-state index is 12.6. The zero-order valence-corrected chi connectivity index (χ0v) is 19.7. The van der Waals surface area contributed by atoms with Crippen LogP contribution in [0.2, 0.25) is 15.1 Å². The first kappa shape index (κ1) is 23.5. The lowest BCUT2D eigenvalue weighted by Gasteiger charge is -2.16. The van der Waals surface area contributed by atoms with E-state index in [2.05, 4.69) is 21.4 Å². The fourth-order valence-corrected chi connectivity index (χ4v) is 4.01. The Morgan fingerprint density at radius 2 is 1.79 bits per heavy atom. The van der Waals surface area contributed by atoms with Gasteiger partial charge < -0.3 is 4.74 Å². The molecular formula is C24H21Cl3N4O2. The van der Waals surface area contributed by atoms with Gasteiger partial charge in [0, 0.05) is 21.2 Å². The molecule has 170 valence electrons. The molecule has 2 atom stereocenters. The minimum Gasteiger partial charge on any atom is -0.489 e. The first-order chi connectivity index (χ1) is 16.0. The summed E-state index contributed by atoms with van der Waals surface area (Å²) in [5, 5.41) is 5.68. The van der Waals surface area contributed by atoms with Crippen molar-refractivity contribution in [3.8, 4) is 5.75 Å². The van der Waals surface area contributed by atoms with Crippen molar-refractivity contribution in [2.75, 3.05) is 0 Å². The fraction of sp³-hybridized carbons (Fsp3) is 0.167. The minimum atomic E-state index is -0.461. The van der Waals surface area contributed by atoms with Gasteiger partial charge in [-0.05, 0) is 42.3 Å². The van der Waals surface area contributed by atoms with Gasteiger partial charge in [0.2, 0.25) is 0 Å². The van der Waals surface area contributed by atoms with Crippen molar-refractivity contribution in [3.05, 3.63) is 98.5 Å². The summed E-state index contributed by atoms with van der Waals surface area (Å²) < 4.78 is 6.05. The van der Waals surface area contributed by atoms with Crippen LogP contribution in [0, 0.1) is 0 Å². The highest BCUT2D eigenvalue weighted by Gasteiger charge is 2.31. The van der Waals surface area contributed by atoms with Gasteiger partial charge in [-0.25, -0.2) is 16.3 Å². The lowest BCUT2D eigenvalue weighted by molar-refractivity contribution is -0.122. The molecule has 0 aliphatic carbocycles. The number of nitrogens with zero attached hydrogens (tertiary/aromatic N) is 1. The molecule has 1 heterocycles. The third kappa shape index (κ3) is 6.25. The number of amides is 1. The second-order valence-corrected chi connectivity index (χ2v) is 8.76. The number of carbonyl (C=O) groups excluding carboxylic acids is 1. The molecule has 6 nitrogen and oxygen atoms in total. The van der Waals surface area contributed by atoms with Crippen molar-refractivity contribution in [1.82, 2.24) is 16.3 Å². The summed E-state index contributed by atoms with van der Waals surface area (Å²) in [5.41, 5.74) is 11.4. The van der Waals surface area contributed by atoms with Crippen molar-refractivity contribution in [3.63, 3.8) is 0 Å². The van der Waals surface area contributed by atoms with Crippen LogP contribution < -0.4 is 21.0 Å². The van der Waals surface area contributed by atoms with Crippen LogP contribution in [0.15, 0.2) is 71.8 Å². The van der Waals surface area contributed by atoms with Crippen molar-refractivity contribution >= 4 is 46.9 Å². The molecule has 0 bridgehead atoms. The van der Waals surface area contributed by atoms with Crippen LogP contribution >= 0.6 is 34.8 Å². The maximum Gasteiger partial charge on any atom is 0.258 e. The fourth-order valence-electron chi connectivity index (χ4n) is 3.42. The minimum absolute atomic E-state index is 0.100. The average Bonchev–Trinajstić information content (AvgIpc) is 3.30. The third-order valence-corrected chi connectivity index (χ3v) is 5.98. The summed E-state index contributed by atoms with van der Waals surface area (Å²) in [6, 6.07) is 19.8. The number of hydrazine groups is 1. The molecule has 2 unspecified atom stereocenters. The van der Waals surface area contributed by atoms with Gasteiger partial charge in [-0.1, -0.05) is 71.2 Å². The topological polar surface area (TPSA) is 74.8 Å². The average molecular weight is 504 g/mol. The number of halogens is 3. The number of hydrogen-bond acceptors (Lipinski definition) is 5. The molecule has 9 heteroatoms. The molecule has 33 heavy (non-hydrogen) atoms. The van der Waals surface area contributed by atoms with Gasteiger partial charge in [-0.2, -0.15) is 5.10 Å². The monoisotopic (exact) mass is 502 g/mol. The Balaban J connectivity index is 1.35. The van der Waals surface area contributed by atoms with Gasteiger partial charge in [0.25, 0.3) is 5.91 Å². The Labute approximate surface area is 206 Å². The van der Waals surface area contributed by atoms with Crippen molar-refractivity contribution in [1.29, 1.82) is 0 Å². The smallest absolute Gasteiger partial charge is 0.258 e. The lowest BCUT2D eigenvalue weighted by Crippen LogP contribution is -2.41. The zero-order chi connectivity index (χ0) is 23.2. The van der Waals surface area contributed by atoms with E-state index in [9.17, 15) is 4.79 Å². The molecule has 3 N–H and O–H groups in total. The highest BCUT2D eigenvalue weighted by molar-refractivity contribution is 6.36. The lowest BCUT2D eigenvalue weighted by atomic mass is 10.0. The number of benzene rings is 3. The summed E-state index contributed by atoms with van der Waals surface area (Å²) in [7, 11) is 0. The molecule has 0 aromatic heterocycles. The summed E-state index contributed by atoms with van der Waals surface area (Å²) >= 11 is 18.0. The SMILES string of the molecule is O=C(N/N=C/c1ccc(Cl)cc1Cl)C1CC(c2ccccc2OCc2ccc(Cl)cc2)NN1. The van der Waals surface area contributed by atoms with Gasteiger partial charge >= 0.3 is 0 Å². The predicted molar refractivity (Wildman–Crippen MR) is 132 cm³/mol. The molecule has 1 saturated heterocycles. The predicted octanol–water partition coefficient (Wildman–Crippen LogP) is 5.28. The number of hydrazone groups is 1. The second kappa shape index (κ2) is 11.0. The summed E-state index contributed by atoms with van der Waals surface area (Å²) in [6.07, 6.45) is 2.01. The number of nitrogens with one attached hydrogen (secondary N) is 3. The van der Waals surface area contributed by atoms with E-state index in [0.29, 0.717) is 33.7 Å². The van der Waals surface area contributed by atoms with Crippen LogP contribution in [0.1, 0.15) is 29.2 Å². The van der Waals surface area contributed by atoms with E-state index in [0.717, 1.165) is 16.9 Å². The highest BCUT2D eigenvalue weighted by Crippen LogP contribution is 2.31. The molecule has 1 aliphatic heterocycles. The molecule has 1 amide bonds. The van der Waals surface area contributed by atoms with E-state index in [1.54, 1.807) is 18.2 Å². The molecule has 0 radical (unpaired) electrons. The van der Waals surface area contributed by atoms with E-state index in [-0.39, 0.29) is 11.9 Å². The second-order valence-electron chi connectivity index (χ2n) is 7.48. The van der Waals surface area contributed by atoms with E-state index in [1.807, 2.05) is 48.5 Å². The Kier molecular flexibility index (Phi) is 7.85. The molecule has 3 aromatic rings. The number of carbonyl (C=O) groups is 1. The number of hydrogen-bond donors (Lipinski definition) is 3. The van der Waals surface area contributed by atoms with Crippen molar-refractivity contribution in [2.45, 2.75) is 25.1 Å². The van der Waals surface area contributed by atoms with Gasteiger partial charge in [-0.3, -0.25) is 4.79 Å². The van der Waals surface area contributed by atoms with Crippen LogP contribution in [0.3, 0.4) is 0 Å². The first-order valence-corrected chi connectivity index (χ1v) is 11.4. The van der Waals surface area contributed by atoms with Crippen LogP contribution in [-0.4, -0.2) is 18.2 Å². The Morgan fingerprint density at radius 1 is 1.03 bits per heavy atom. The van der Waals surface area contributed by atoms with Crippen LogP contribution in [0.25, 0.3) is 0 Å². The van der Waals surface area contributed by atoms with Crippen LogP contribution in [-0.2, 0) is 11.4 Å². The van der Waals surface area contributed by atoms with Crippen LogP contribution in [0.5, 0.6) is 5.75 Å². The molecule has 0 saturated carbocycles. The number of rotatable bonds is 7. The quantitative estimate of drug-likeness (QED) is 0.303. The molecule has 1 aliphatic rings. The maximum absolute atomic E-state index is 12.6. The molecule has 3 aromatic carbocycles. The standard InChI is InChI=1S/C24H21Cl3N4O2/c25-17-8-5-15(6-9-17)14-33-23-4-2-1-3-19(23)21-12-22(30-29-21)24(32)31-28-13-16-7-10-18(26)11-20(16)27/h1-11,13,21-22,29-30H,12,14H2,(H,31,32)/b28-13+. The van der Waals surface area contributed by atoms with Crippen molar-refractivity contribution < 1.29 is 9.53 Å². The van der Waals surface area contributed by atoms with Crippen LogP contribution in [0.4, 0.5) is 0 Å². The molecule has 0 spiro atoms. The first-order valence-electron chi connectivity index (χ1n) is 10.2. The largest absolute Gasteiger partial charge is 0.489 e. The normalized spacial score (nSPS) is 17.9. The van der Waals surface area contributed by atoms with Crippen molar-refractivity contribution in [2.24, 2.45) is 5.10 Å². The summed E-state index contributed by atoms with van der Waals surface area (Å²) in [4.78, 5) is 12.6. The van der Waals surface area contributed by atoms with Gasteiger partial charge in [0.15, 0.2) is 0 Å². The Bertz CT molecular complexity index is 1150.